The van der Waals surface area contributed by atoms with Crippen molar-refractivity contribution in [1.82, 2.24) is 14.9 Å². The summed E-state index contributed by atoms with van der Waals surface area (Å²) in [6, 6.07) is 19.8. The molecule has 0 radical (unpaired) electrons. The number of hydrogen-bond acceptors (Lipinski definition) is 4. The highest BCUT2D eigenvalue weighted by Gasteiger charge is 2.41. The SMILES string of the molecule is Cc1cc(N)nc(C)c1CNC(=O)c1ccc2c(c1)C1C[C@H]2c2ccc(Cn3ccccc3=O)cc21. The van der Waals surface area contributed by atoms with Crippen LogP contribution in [0.15, 0.2) is 71.7 Å². The van der Waals surface area contributed by atoms with Gasteiger partial charge >= 0.3 is 0 Å². The van der Waals surface area contributed by atoms with Gasteiger partial charge in [0.2, 0.25) is 0 Å². The third-order valence-electron chi connectivity index (χ3n) is 7.72. The molecule has 180 valence electrons. The van der Waals surface area contributed by atoms with Gasteiger partial charge in [-0.2, -0.15) is 0 Å². The second-order valence-electron chi connectivity index (χ2n) is 9.93. The average Bonchev–Trinajstić information content (AvgIpc) is 3.41. The highest BCUT2D eigenvalue weighted by atomic mass is 16.1. The Labute approximate surface area is 209 Å². The van der Waals surface area contributed by atoms with Crippen molar-refractivity contribution in [2.75, 3.05) is 5.73 Å². The maximum atomic E-state index is 13.1. The quantitative estimate of drug-likeness (QED) is 0.447. The molecule has 2 aromatic heterocycles. The van der Waals surface area contributed by atoms with Gasteiger partial charge in [0.25, 0.3) is 11.5 Å². The Morgan fingerprint density at radius 2 is 1.75 bits per heavy atom. The third kappa shape index (κ3) is 3.70. The molecule has 3 N–H and O–H groups in total. The van der Waals surface area contributed by atoms with Crippen molar-refractivity contribution in [2.24, 2.45) is 0 Å². The highest BCUT2D eigenvalue weighted by Crippen LogP contribution is 2.56. The zero-order chi connectivity index (χ0) is 25.0. The zero-order valence-electron chi connectivity index (χ0n) is 20.4. The Morgan fingerprint density at radius 3 is 2.53 bits per heavy atom. The van der Waals surface area contributed by atoms with E-state index in [2.05, 4.69) is 40.6 Å². The van der Waals surface area contributed by atoms with Crippen LogP contribution in [0.25, 0.3) is 0 Å². The normalized spacial score (nSPS) is 17.1. The zero-order valence-corrected chi connectivity index (χ0v) is 20.4. The van der Waals surface area contributed by atoms with E-state index in [-0.39, 0.29) is 17.4 Å². The molecule has 2 aliphatic carbocycles. The second-order valence-corrected chi connectivity index (χ2v) is 9.93. The first-order chi connectivity index (χ1) is 17.4. The number of hydrogen-bond donors (Lipinski definition) is 2. The Balaban J connectivity index is 1.23. The number of fused-ring (bicyclic) bond motifs is 8. The molecule has 36 heavy (non-hydrogen) atoms. The van der Waals surface area contributed by atoms with Crippen molar-refractivity contribution in [3.63, 3.8) is 0 Å². The number of nitrogen functional groups attached to an aromatic ring is 1. The van der Waals surface area contributed by atoms with Crippen LogP contribution in [-0.4, -0.2) is 15.5 Å². The number of anilines is 1. The van der Waals surface area contributed by atoms with Crippen molar-refractivity contribution in [2.45, 2.75) is 45.2 Å². The van der Waals surface area contributed by atoms with Crippen molar-refractivity contribution >= 4 is 11.7 Å². The molecule has 6 nitrogen and oxygen atoms in total. The van der Waals surface area contributed by atoms with Crippen molar-refractivity contribution in [3.05, 3.63) is 127 Å². The molecule has 0 aliphatic heterocycles. The molecule has 1 unspecified atom stereocenters. The standard InChI is InChI=1S/C30H28N4O2/c1-17-11-28(31)33-18(2)27(17)15-32-30(36)20-7-9-22-24(13-20)26-14-25(22)21-8-6-19(12-23(21)26)16-34-10-4-3-5-29(34)35/h3-13,25-26H,14-16H2,1-2H3,(H2,31,33)(H,32,36)/t25-,26?/m0/s1. The summed E-state index contributed by atoms with van der Waals surface area (Å²) >= 11 is 0. The van der Waals surface area contributed by atoms with E-state index in [9.17, 15) is 9.59 Å². The molecule has 2 heterocycles. The predicted molar refractivity (Wildman–Crippen MR) is 140 cm³/mol. The number of nitrogens with two attached hydrogens (primary N) is 1. The van der Waals surface area contributed by atoms with Gasteiger partial charge in [-0.1, -0.05) is 30.3 Å². The fourth-order valence-corrected chi connectivity index (χ4v) is 5.97. The third-order valence-corrected chi connectivity index (χ3v) is 7.72. The molecule has 2 atom stereocenters. The molecule has 6 heteroatoms. The summed E-state index contributed by atoms with van der Waals surface area (Å²) in [7, 11) is 0. The maximum absolute atomic E-state index is 13.1. The van der Waals surface area contributed by atoms with Gasteiger partial charge in [0.15, 0.2) is 0 Å². The monoisotopic (exact) mass is 476 g/mol. The average molecular weight is 477 g/mol. The van der Waals surface area contributed by atoms with E-state index in [4.69, 9.17) is 5.73 Å². The molecule has 0 saturated carbocycles. The van der Waals surface area contributed by atoms with Gasteiger partial charge in [-0.05, 0) is 83.5 Å². The predicted octanol–water partition coefficient (Wildman–Crippen LogP) is 4.40. The summed E-state index contributed by atoms with van der Waals surface area (Å²) in [4.78, 5) is 29.5. The lowest BCUT2D eigenvalue weighted by Crippen LogP contribution is -2.24. The molecule has 0 fully saturated rings. The fraction of sp³-hybridized carbons (Fsp3) is 0.233. The number of carbonyl (C=O) groups excluding carboxylic acids is 1. The van der Waals surface area contributed by atoms with E-state index in [1.54, 1.807) is 16.7 Å². The Morgan fingerprint density at radius 1 is 1.00 bits per heavy atom. The minimum atomic E-state index is -0.0892. The van der Waals surface area contributed by atoms with Gasteiger partial charge in [-0.3, -0.25) is 9.59 Å². The number of aryl methyl sites for hydroxylation is 2. The van der Waals surface area contributed by atoms with Crippen molar-refractivity contribution in [1.29, 1.82) is 0 Å². The molecule has 1 amide bonds. The minimum Gasteiger partial charge on any atom is -0.384 e. The van der Waals surface area contributed by atoms with E-state index in [0.29, 0.717) is 30.4 Å². The van der Waals surface area contributed by atoms with Crippen LogP contribution in [0.5, 0.6) is 0 Å². The summed E-state index contributed by atoms with van der Waals surface area (Å²) in [5, 5.41) is 3.06. The lowest BCUT2D eigenvalue weighted by atomic mass is 9.84. The van der Waals surface area contributed by atoms with Gasteiger partial charge in [-0.25, -0.2) is 4.98 Å². The molecule has 0 saturated heterocycles. The minimum absolute atomic E-state index is 0.000610. The summed E-state index contributed by atoms with van der Waals surface area (Å²) in [5.41, 5.74) is 15.8. The van der Waals surface area contributed by atoms with Crippen LogP contribution in [0.2, 0.25) is 0 Å². The first-order valence-electron chi connectivity index (χ1n) is 12.3. The van der Waals surface area contributed by atoms with Gasteiger partial charge in [-0.15, -0.1) is 0 Å². The fourth-order valence-electron chi connectivity index (χ4n) is 5.97. The molecule has 2 aromatic carbocycles. The smallest absolute Gasteiger partial charge is 0.251 e. The molecule has 2 aliphatic rings. The van der Waals surface area contributed by atoms with Crippen LogP contribution >= 0.6 is 0 Å². The van der Waals surface area contributed by atoms with E-state index < -0.39 is 0 Å². The van der Waals surface area contributed by atoms with E-state index in [0.717, 1.165) is 28.8 Å². The number of nitrogens with one attached hydrogen (secondary N) is 1. The molecule has 2 bridgehead atoms. The summed E-state index contributed by atoms with van der Waals surface area (Å²) in [5.74, 6) is 1.06. The Kier molecular flexibility index (Phi) is 5.25. The summed E-state index contributed by atoms with van der Waals surface area (Å²) in [6.07, 6.45) is 2.87. The first-order valence-corrected chi connectivity index (χ1v) is 12.3. The largest absolute Gasteiger partial charge is 0.384 e. The van der Waals surface area contributed by atoms with Gasteiger partial charge in [0, 0.05) is 41.9 Å². The van der Waals surface area contributed by atoms with Crippen molar-refractivity contribution < 1.29 is 4.79 Å². The lowest BCUT2D eigenvalue weighted by Gasteiger charge is -2.21. The number of aromatic nitrogens is 2. The van der Waals surface area contributed by atoms with Crippen LogP contribution in [0, 0.1) is 13.8 Å². The first kappa shape index (κ1) is 22.3. The van der Waals surface area contributed by atoms with Crippen LogP contribution in [0.1, 0.15) is 73.3 Å². The molecule has 0 spiro atoms. The lowest BCUT2D eigenvalue weighted by molar-refractivity contribution is 0.0950. The number of rotatable bonds is 5. The summed E-state index contributed by atoms with van der Waals surface area (Å²) in [6.45, 7) is 4.87. The molecule has 6 rings (SSSR count). The number of pyridine rings is 2. The van der Waals surface area contributed by atoms with Crippen LogP contribution < -0.4 is 16.6 Å². The Hall–Kier alpha value is -4.19. The highest BCUT2D eigenvalue weighted by molar-refractivity contribution is 5.94. The van der Waals surface area contributed by atoms with Gasteiger partial charge in [0.1, 0.15) is 5.82 Å². The van der Waals surface area contributed by atoms with Crippen molar-refractivity contribution in [3.8, 4) is 0 Å². The van der Waals surface area contributed by atoms with E-state index in [1.807, 2.05) is 38.2 Å². The van der Waals surface area contributed by atoms with Crippen LogP contribution in [-0.2, 0) is 13.1 Å². The topological polar surface area (TPSA) is 90.0 Å². The second kappa shape index (κ2) is 8.48. The van der Waals surface area contributed by atoms with E-state index >= 15 is 0 Å². The maximum Gasteiger partial charge on any atom is 0.251 e. The van der Waals surface area contributed by atoms with Gasteiger partial charge in [0.05, 0.1) is 6.54 Å². The number of carbonyl (C=O) groups is 1. The summed E-state index contributed by atoms with van der Waals surface area (Å²) < 4.78 is 1.73. The number of benzene rings is 2. The van der Waals surface area contributed by atoms with Crippen LogP contribution in [0.4, 0.5) is 5.82 Å². The number of amides is 1. The molecular formula is C30H28N4O2. The molecule has 4 aromatic rings. The van der Waals surface area contributed by atoms with Crippen LogP contribution in [0.3, 0.4) is 0 Å². The van der Waals surface area contributed by atoms with E-state index in [1.165, 1.54) is 22.3 Å². The van der Waals surface area contributed by atoms with Gasteiger partial charge < -0.3 is 15.6 Å². The number of nitrogens with zero attached hydrogens (tertiary/aromatic N) is 2. The molecular weight excluding hydrogens is 448 g/mol. The Bertz CT molecular complexity index is 1560.